The van der Waals surface area contributed by atoms with Crippen LogP contribution in [0, 0.1) is 6.92 Å². The Morgan fingerprint density at radius 1 is 1.41 bits per heavy atom. The van der Waals surface area contributed by atoms with E-state index in [9.17, 15) is 0 Å². The Kier molecular flexibility index (Phi) is 3.68. The van der Waals surface area contributed by atoms with Crippen molar-refractivity contribution in [2.45, 2.75) is 25.3 Å². The fourth-order valence-electron chi connectivity index (χ4n) is 1.47. The topological polar surface area (TPSA) is 56.7 Å². The lowest BCUT2D eigenvalue weighted by molar-refractivity contribution is 0.817. The molecule has 0 aliphatic carbocycles. The molecule has 0 saturated carbocycles. The Bertz CT molecular complexity index is 507. The molecular weight excluding hydrogens is 232 g/mol. The normalized spacial score (nSPS) is 10.7. The molecule has 0 spiro atoms. The highest BCUT2D eigenvalue weighted by Gasteiger charge is 2.08. The third-order valence-electron chi connectivity index (χ3n) is 2.29. The summed E-state index contributed by atoms with van der Waals surface area (Å²) in [6.07, 6.45) is 2.89. The number of aromatic nitrogens is 3. The molecule has 2 aromatic heterocycles. The Labute approximate surface area is 105 Å². The van der Waals surface area contributed by atoms with Crippen molar-refractivity contribution >= 4 is 17.6 Å². The van der Waals surface area contributed by atoms with Crippen molar-refractivity contribution in [3.8, 4) is 5.82 Å². The average molecular weight is 248 g/mol. The molecule has 2 rings (SSSR count). The molecule has 0 aromatic carbocycles. The molecule has 0 saturated heterocycles. The third kappa shape index (κ3) is 2.79. The molecule has 0 atom stereocenters. The van der Waals surface area contributed by atoms with Crippen LogP contribution in [0.4, 0.5) is 5.82 Å². The van der Waals surface area contributed by atoms with E-state index in [4.69, 9.17) is 5.73 Å². The van der Waals surface area contributed by atoms with E-state index in [1.807, 2.05) is 25.1 Å². The van der Waals surface area contributed by atoms with E-state index in [0.717, 1.165) is 28.6 Å². The summed E-state index contributed by atoms with van der Waals surface area (Å²) in [6, 6.07) is 5.82. The molecule has 17 heavy (non-hydrogen) atoms. The molecule has 4 nitrogen and oxygen atoms in total. The van der Waals surface area contributed by atoms with Crippen molar-refractivity contribution in [2.75, 3.05) is 11.5 Å². The van der Waals surface area contributed by atoms with Crippen LogP contribution in [0.2, 0.25) is 0 Å². The number of hydrogen-bond donors (Lipinski definition) is 1. The second-order valence-corrected chi connectivity index (χ2v) is 4.97. The van der Waals surface area contributed by atoms with E-state index in [2.05, 4.69) is 17.0 Å². The molecule has 0 unspecified atom stereocenters. The number of thioether (sulfide) groups is 1. The summed E-state index contributed by atoms with van der Waals surface area (Å²) in [6.45, 7) is 4.17. The SMILES string of the molecule is CCCSc1cc(N)n(-c2cc(C)ccn2)n1. The molecule has 2 aromatic rings. The first-order chi connectivity index (χ1) is 8.20. The lowest BCUT2D eigenvalue weighted by Crippen LogP contribution is -2.03. The smallest absolute Gasteiger partial charge is 0.155 e. The molecule has 0 aliphatic rings. The molecule has 90 valence electrons. The van der Waals surface area contributed by atoms with E-state index >= 15 is 0 Å². The maximum Gasteiger partial charge on any atom is 0.155 e. The lowest BCUT2D eigenvalue weighted by Gasteiger charge is -2.02. The van der Waals surface area contributed by atoms with E-state index < -0.39 is 0 Å². The predicted molar refractivity (Wildman–Crippen MR) is 71.5 cm³/mol. The fraction of sp³-hybridized carbons (Fsp3) is 0.333. The molecule has 5 heteroatoms. The molecule has 0 bridgehead atoms. The van der Waals surface area contributed by atoms with Crippen LogP contribution in [-0.4, -0.2) is 20.5 Å². The van der Waals surface area contributed by atoms with Crippen LogP contribution in [0.3, 0.4) is 0 Å². The van der Waals surface area contributed by atoms with Crippen LogP contribution in [0.25, 0.3) is 5.82 Å². The first-order valence-corrected chi connectivity index (χ1v) is 6.60. The van der Waals surface area contributed by atoms with Gasteiger partial charge in [-0.15, -0.1) is 11.8 Å². The van der Waals surface area contributed by atoms with Gasteiger partial charge in [0.2, 0.25) is 0 Å². The lowest BCUT2D eigenvalue weighted by atomic mass is 10.3. The average Bonchev–Trinajstić information content (AvgIpc) is 2.68. The number of aryl methyl sites for hydroxylation is 1. The van der Waals surface area contributed by atoms with E-state index in [0.29, 0.717) is 5.82 Å². The minimum Gasteiger partial charge on any atom is -0.383 e. The Morgan fingerprint density at radius 3 is 2.94 bits per heavy atom. The van der Waals surface area contributed by atoms with Crippen LogP contribution >= 0.6 is 11.8 Å². The molecule has 0 aliphatic heterocycles. The highest BCUT2D eigenvalue weighted by molar-refractivity contribution is 7.99. The van der Waals surface area contributed by atoms with Crippen molar-refractivity contribution in [3.63, 3.8) is 0 Å². The van der Waals surface area contributed by atoms with E-state index in [1.165, 1.54) is 0 Å². The van der Waals surface area contributed by atoms with E-state index in [-0.39, 0.29) is 0 Å². The number of hydrogen-bond acceptors (Lipinski definition) is 4. The summed E-state index contributed by atoms with van der Waals surface area (Å²) in [4.78, 5) is 4.28. The summed E-state index contributed by atoms with van der Waals surface area (Å²) in [5.41, 5.74) is 7.09. The predicted octanol–water partition coefficient (Wildman–Crippen LogP) is 2.66. The maximum absolute atomic E-state index is 5.94. The van der Waals surface area contributed by atoms with E-state index in [1.54, 1.807) is 22.6 Å². The standard InChI is InChI=1S/C12H16N4S/c1-3-6-17-12-8-10(13)16(15-12)11-7-9(2)4-5-14-11/h4-5,7-8H,3,6,13H2,1-2H3. The highest BCUT2D eigenvalue weighted by Crippen LogP contribution is 2.21. The Balaban J connectivity index is 2.29. The van der Waals surface area contributed by atoms with Crippen LogP contribution in [0.5, 0.6) is 0 Å². The van der Waals surface area contributed by atoms with Crippen LogP contribution < -0.4 is 5.73 Å². The quantitative estimate of drug-likeness (QED) is 0.845. The van der Waals surface area contributed by atoms with Crippen LogP contribution in [-0.2, 0) is 0 Å². The van der Waals surface area contributed by atoms with Crippen molar-refractivity contribution in [1.82, 2.24) is 14.8 Å². The number of nitrogen functional groups attached to an aromatic ring is 1. The van der Waals surface area contributed by atoms with Crippen LogP contribution in [0.1, 0.15) is 18.9 Å². The van der Waals surface area contributed by atoms with Crippen LogP contribution in [0.15, 0.2) is 29.4 Å². The van der Waals surface area contributed by atoms with Gasteiger partial charge >= 0.3 is 0 Å². The molecule has 2 heterocycles. The minimum atomic E-state index is 0.627. The van der Waals surface area contributed by atoms with Gasteiger partial charge in [0, 0.05) is 12.3 Å². The number of rotatable bonds is 4. The summed E-state index contributed by atoms with van der Waals surface area (Å²) in [7, 11) is 0. The third-order valence-corrected chi connectivity index (χ3v) is 3.39. The van der Waals surface area contributed by atoms with Gasteiger partial charge in [-0.3, -0.25) is 0 Å². The molecule has 0 radical (unpaired) electrons. The van der Waals surface area contributed by atoms with Gasteiger partial charge in [0.25, 0.3) is 0 Å². The molecule has 2 N–H and O–H groups in total. The minimum absolute atomic E-state index is 0.627. The number of nitrogens with two attached hydrogens (primary N) is 1. The summed E-state index contributed by atoms with van der Waals surface area (Å²) in [5.74, 6) is 2.45. The number of pyridine rings is 1. The maximum atomic E-state index is 5.94. The van der Waals surface area contributed by atoms with Crippen molar-refractivity contribution in [3.05, 3.63) is 30.0 Å². The number of nitrogens with zero attached hydrogens (tertiary/aromatic N) is 3. The summed E-state index contributed by atoms with van der Waals surface area (Å²) < 4.78 is 1.69. The second kappa shape index (κ2) is 5.23. The molecule has 0 fully saturated rings. The summed E-state index contributed by atoms with van der Waals surface area (Å²) in [5, 5.41) is 5.40. The van der Waals surface area contributed by atoms with Crippen molar-refractivity contribution in [2.24, 2.45) is 0 Å². The fourth-order valence-corrected chi connectivity index (χ4v) is 2.23. The molecular formula is C12H16N4S. The van der Waals surface area contributed by atoms with Gasteiger partial charge in [-0.25, -0.2) is 4.98 Å². The zero-order chi connectivity index (χ0) is 12.3. The van der Waals surface area contributed by atoms with Gasteiger partial charge in [-0.05, 0) is 36.8 Å². The zero-order valence-corrected chi connectivity index (χ0v) is 10.9. The van der Waals surface area contributed by atoms with Gasteiger partial charge in [0.1, 0.15) is 10.8 Å². The van der Waals surface area contributed by atoms with Gasteiger partial charge in [0.15, 0.2) is 5.82 Å². The molecule has 0 amide bonds. The first kappa shape index (κ1) is 12.0. The Morgan fingerprint density at radius 2 is 2.24 bits per heavy atom. The Hall–Kier alpha value is -1.49. The van der Waals surface area contributed by atoms with Gasteiger partial charge < -0.3 is 5.73 Å². The largest absolute Gasteiger partial charge is 0.383 e. The van der Waals surface area contributed by atoms with Gasteiger partial charge in [0.05, 0.1) is 0 Å². The second-order valence-electron chi connectivity index (χ2n) is 3.86. The van der Waals surface area contributed by atoms with Crippen molar-refractivity contribution in [1.29, 1.82) is 0 Å². The number of anilines is 1. The monoisotopic (exact) mass is 248 g/mol. The van der Waals surface area contributed by atoms with Crippen molar-refractivity contribution < 1.29 is 0 Å². The highest BCUT2D eigenvalue weighted by atomic mass is 32.2. The first-order valence-electron chi connectivity index (χ1n) is 5.62. The van der Waals surface area contributed by atoms with Gasteiger partial charge in [-0.2, -0.15) is 9.78 Å². The summed E-state index contributed by atoms with van der Waals surface area (Å²) >= 11 is 1.71. The van der Waals surface area contributed by atoms with Gasteiger partial charge in [-0.1, -0.05) is 6.92 Å². The zero-order valence-electron chi connectivity index (χ0n) is 10.1.